The van der Waals surface area contributed by atoms with Crippen molar-refractivity contribution >= 4 is 11.8 Å². The zero-order valence-corrected chi connectivity index (χ0v) is 17.4. The van der Waals surface area contributed by atoms with Gasteiger partial charge in [0.1, 0.15) is 0 Å². The molecule has 5 nitrogen and oxygen atoms in total. The molecule has 1 aliphatic rings. The zero-order valence-electron chi connectivity index (χ0n) is 17.4. The molecule has 2 aromatic rings. The molecule has 0 bridgehead atoms. The Morgan fingerprint density at radius 1 is 0.848 bits per heavy atom. The van der Waals surface area contributed by atoms with Crippen molar-refractivity contribution in [1.82, 2.24) is 10.2 Å². The van der Waals surface area contributed by atoms with E-state index in [4.69, 9.17) is 0 Å². The minimum absolute atomic E-state index is 0.0263. The van der Waals surface area contributed by atoms with Crippen molar-refractivity contribution in [2.75, 3.05) is 39.3 Å². The van der Waals surface area contributed by atoms with Crippen LogP contribution in [-0.4, -0.2) is 56.0 Å². The fourth-order valence-electron chi connectivity index (χ4n) is 3.58. The summed E-state index contributed by atoms with van der Waals surface area (Å²) in [5.41, 5.74) is -1.89. The Morgan fingerprint density at radius 2 is 1.36 bits per heavy atom. The van der Waals surface area contributed by atoms with Crippen molar-refractivity contribution in [3.8, 4) is 0 Å². The number of nitrogens with zero attached hydrogens (tertiary/aromatic N) is 1. The molecule has 0 aliphatic carbocycles. The lowest BCUT2D eigenvalue weighted by Gasteiger charge is -2.32. The number of nitrogens with one attached hydrogen (secondary N) is 2. The minimum Gasteiger partial charge on any atom is -0.346 e. The van der Waals surface area contributed by atoms with Crippen molar-refractivity contribution in [2.45, 2.75) is 12.4 Å². The molecule has 0 spiro atoms. The molecule has 3 rings (SSSR count). The topological polar surface area (TPSA) is 53.9 Å². The van der Waals surface area contributed by atoms with E-state index in [1.807, 2.05) is 0 Å². The highest BCUT2D eigenvalue weighted by Crippen LogP contribution is 2.30. The van der Waals surface area contributed by atoms with Crippen LogP contribution >= 0.6 is 0 Å². The third kappa shape index (κ3) is 6.47. The highest BCUT2D eigenvalue weighted by atomic mass is 19.4. The summed E-state index contributed by atoms with van der Waals surface area (Å²) in [6, 6.07) is 8.45. The van der Waals surface area contributed by atoms with Gasteiger partial charge in [0.2, 0.25) is 0 Å². The SMILES string of the molecule is O=C(NCC[NH+]1CCN(C(=O)c2cccc(C(F)(F)F)c2)CC1)c1cccc(C(F)(F)F)c1. The van der Waals surface area contributed by atoms with Gasteiger partial charge in [-0.2, -0.15) is 26.3 Å². The summed E-state index contributed by atoms with van der Waals surface area (Å²) in [4.78, 5) is 27.2. The molecule has 1 fully saturated rings. The summed E-state index contributed by atoms with van der Waals surface area (Å²) in [7, 11) is 0. The lowest BCUT2D eigenvalue weighted by molar-refractivity contribution is -0.902. The van der Waals surface area contributed by atoms with Crippen molar-refractivity contribution in [2.24, 2.45) is 0 Å². The Bertz CT molecular complexity index is 995. The monoisotopic (exact) mass is 474 g/mol. The van der Waals surface area contributed by atoms with E-state index < -0.39 is 35.3 Å². The Kier molecular flexibility index (Phi) is 7.31. The van der Waals surface area contributed by atoms with Gasteiger partial charge in [0.05, 0.1) is 50.4 Å². The Balaban J connectivity index is 1.46. The number of amides is 2. The van der Waals surface area contributed by atoms with Crippen LogP contribution in [0.15, 0.2) is 48.5 Å². The summed E-state index contributed by atoms with van der Waals surface area (Å²) < 4.78 is 77.0. The number of hydrogen-bond donors (Lipinski definition) is 2. The third-order valence-electron chi connectivity index (χ3n) is 5.41. The van der Waals surface area contributed by atoms with Crippen LogP contribution in [0.4, 0.5) is 26.3 Å². The lowest BCUT2D eigenvalue weighted by Crippen LogP contribution is -3.15. The van der Waals surface area contributed by atoms with Crippen LogP contribution in [0.3, 0.4) is 0 Å². The molecule has 2 aromatic carbocycles. The Hall–Kier alpha value is -3.08. The molecule has 2 N–H and O–H groups in total. The third-order valence-corrected chi connectivity index (χ3v) is 5.41. The highest BCUT2D eigenvalue weighted by molar-refractivity contribution is 5.95. The number of piperazine rings is 1. The fourth-order valence-corrected chi connectivity index (χ4v) is 3.58. The number of halogens is 6. The molecule has 178 valence electrons. The number of carbonyl (C=O) groups is 2. The number of rotatable bonds is 5. The molecule has 0 aromatic heterocycles. The quantitative estimate of drug-likeness (QED) is 0.655. The van der Waals surface area contributed by atoms with Gasteiger partial charge in [-0.1, -0.05) is 12.1 Å². The first-order valence-corrected chi connectivity index (χ1v) is 10.2. The molecule has 0 saturated carbocycles. The van der Waals surface area contributed by atoms with E-state index in [-0.39, 0.29) is 17.7 Å². The Labute approximate surface area is 186 Å². The maximum Gasteiger partial charge on any atom is 0.416 e. The molecule has 1 aliphatic heterocycles. The maximum atomic E-state index is 12.9. The van der Waals surface area contributed by atoms with Crippen LogP contribution in [0.2, 0.25) is 0 Å². The number of benzene rings is 2. The van der Waals surface area contributed by atoms with Gasteiger partial charge < -0.3 is 15.1 Å². The lowest BCUT2D eigenvalue weighted by atomic mass is 10.1. The van der Waals surface area contributed by atoms with E-state index in [1.165, 1.54) is 29.2 Å². The second-order valence-electron chi connectivity index (χ2n) is 7.71. The fraction of sp³-hybridized carbons (Fsp3) is 0.364. The number of quaternary nitrogens is 1. The van der Waals surface area contributed by atoms with E-state index in [0.29, 0.717) is 32.7 Å². The average molecular weight is 474 g/mol. The summed E-state index contributed by atoms with van der Waals surface area (Å²) in [6.07, 6.45) is -9.07. The summed E-state index contributed by atoms with van der Waals surface area (Å²) in [6.45, 7) is 2.47. The largest absolute Gasteiger partial charge is 0.416 e. The highest BCUT2D eigenvalue weighted by Gasteiger charge is 2.32. The first kappa shape index (κ1) is 24.6. The second-order valence-corrected chi connectivity index (χ2v) is 7.71. The van der Waals surface area contributed by atoms with E-state index in [1.54, 1.807) is 0 Å². The van der Waals surface area contributed by atoms with Gasteiger partial charge in [0, 0.05) is 11.1 Å². The molecule has 1 saturated heterocycles. The standard InChI is InChI=1S/C22H21F6N3O2/c23-21(24,25)17-5-1-3-15(13-17)19(32)29-7-8-30-9-11-31(12-10-30)20(33)16-4-2-6-18(14-16)22(26,27)28/h1-6,13-14H,7-12H2,(H,29,32)/p+1. The van der Waals surface area contributed by atoms with Crippen molar-refractivity contribution < 1.29 is 40.8 Å². The van der Waals surface area contributed by atoms with Crippen LogP contribution in [0.25, 0.3) is 0 Å². The molecular weight excluding hydrogens is 452 g/mol. The first-order chi connectivity index (χ1) is 15.4. The molecule has 0 atom stereocenters. The van der Waals surface area contributed by atoms with E-state index in [0.717, 1.165) is 29.2 Å². The van der Waals surface area contributed by atoms with Gasteiger partial charge in [-0.05, 0) is 36.4 Å². The summed E-state index contributed by atoms with van der Waals surface area (Å²) in [5.74, 6) is -1.09. The first-order valence-electron chi connectivity index (χ1n) is 10.2. The smallest absolute Gasteiger partial charge is 0.346 e. The number of alkyl halides is 6. The maximum absolute atomic E-state index is 12.9. The van der Waals surface area contributed by atoms with Crippen LogP contribution in [-0.2, 0) is 12.4 Å². The molecule has 11 heteroatoms. The van der Waals surface area contributed by atoms with Gasteiger partial charge in [-0.3, -0.25) is 9.59 Å². The predicted molar refractivity (Wildman–Crippen MR) is 107 cm³/mol. The van der Waals surface area contributed by atoms with Gasteiger partial charge in [-0.15, -0.1) is 0 Å². The van der Waals surface area contributed by atoms with Crippen LogP contribution in [0.5, 0.6) is 0 Å². The van der Waals surface area contributed by atoms with Gasteiger partial charge in [0.25, 0.3) is 11.8 Å². The van der Waals surface area contributed by atoms with Crippen LogP contribution < -0.4 is 10.2 Å². The predicted octanol–water partition coefficient (Wildman–Crippen LogP) is 2.49. The molecule has 2 amide bonds. The van der Waals surface area contributed by atoms with Crippen molar-refractivity contribution in [3.05, 3.63) is 70.8 Å². The van der Waals surface area contributed by atoms with E-state index >= 15 is 0 Å². The van der Waals surface area contributed by atoms with Gasteiger partial charge in [-0.25, -0.2) is 0 Å². The molecule has 0 unspecified atom stereocenters. The molecule has 0 radical (unpaired) electrons. The van der Waals surface area contributed by atoms with E-state index in [2.05, 4.69) is 5.32 Å². The van der Waals surface area contributed by atoms with Crippen LogP contribution in [0.1, 0.15) is 31.8 Å². The normalized spacial score (nSPS) is 15.4. The minimum atomic E-state index is -4.54. The molecule has 1 heterocycles. The molecule has 33 heavy (non-hydrogen) atoms. The van der Waals surface area contributed by atoms with E-state index in [9.17, 15) is 35.9 Å². The summed E-state index contributed by atoms with van der Waals surface area (Å²) in [5, 5.41) is 2.59. The van der Waals surface area contributed by atoms with Crippen LogP contribution in [0, 0.1) is 0 Å². The van der Waals surface area contributed by atoms with Gasteiger partial charge in [0.15, 0.2) is 0 Å². The number of carbonyl (C=O) groups excluding carboxylic acids is 2. The Morgan fingerprint density at radius 3 is 1.91 bits per heavy atom. The van der Waals surface area contributed by atoms with Crippen molar-refractivity contribution in [1.29, 1.82) is 0 Å². The summed E-state index contributed by atoms with van der Waals surface area (Å²) >= 11 is 0. The van der Waals surface area contributed by atoms with Gasteiger partial charge >= 0.3 is 12.4 Å². The average Bonchev–Trinajstić information content (AvgIpc) is 2.78. The van der Waals surface area contributed by atoms with Crippen molar-refractivity contribution in [3.63, 3.8) is 0 Å². The second kappa shape index (κ2) is 9.82. The molecular formula is C22H22F6N3O2+. The number of hydrogen-bond acceptors (Lipinski definition) is 2. The zero-order chi connectivity index (χ0) is 24.2.